The maximum absolute atomic E-state index is 4.49. The van der Waals surface area contributed by atoms with Crippen LogP contribution in [0.15, 0.2) is 36.0 Å². The topological polar surface area (TPSA) is 0 Å². The Bertz CT molecular complexity index is 593. The maximum Gasteiger partial charge on any atom is -0.00480 e. The van der Waals surface area contributed by atoms with E-state index in [0.29, 0.717) is 10.8 Å². The summed E-state index contributed by atoms with van der Waals surface area (Å²) in [6.07, 6.45) is 15.1. The number of allylic oxidation sites excluding steroid dienone is 4. The number of rotatable bonds is 0. The molecule has 5 aliphatic carbocycles. The summed E-state index contributed by atoms with van der Waals surface area (Å²) >= 11 is 0. The highest BCUT2D eigenvalue weighted by Crippen LogP contribution is 2.72. The van der Waals surface area contributed by atoms with Gasteiger partial charge in [-0.2, -0.15) is 0 Å². The van der Waals surface area contributed by atoms with E-state index in [4.69, 9.17) is 0 Å². The largest absolute Gasteiger partial charge is 0.0995 e. The molecule has 0 aromatic carbocycles. The van der Waals surface area contributed by atoms with Crippen LogP contribution in [0.5, 0.6) is 0 Å². The second-order valence-corrected chi connectivity index (χ2v) is 9.41. The minimum absolute atomic E-state index is 0.473. The average molecular weight is 294 g/mol. The Labute approximate surface area is 135 Å². The smallest absolute Gasteiger partial charge is 0.00480 e. The monoisotopic (exact) mass is 294 g/mol. The van der Waals surface area contributed by atoms with E-state index in [-0.39, 0.29) is 0 Å². The first-order chi connectivity index (χ1) is 10.5. The van der Waals surface area contributed by atoms with Crippen LogP contribution in [-0.4, -0.2) is 0 Å². The van der Waals surface area contributed by atoms with Crippen LogP contribution in [0.3, 0.4) is 0 Å². The molecule has 5 aliphatic rings. The van der Waals surface area contributed by atoms with Crippen LogP contribution in [0, 0.1) is 34.5 Å². The van der Waals surface area contributed by atoms with Crippen LogP contribution in [-0.2, 0) is 0 Å². The van der Waals surface area contributed by atoms with Gasteiger partial charge in [-0.05, 0) is 92.3 Å². The molecule has 5 rings (SSSR count). The van der Waals surface area contributed by atoms with Gasteiger partial charge < -0.3 is 0 Å². The molecule has 0 amide bonds. The molecule has 4 unspecified atom stereocenters. The minimum atomic E-state index is 0.473. The molecule has 0 N–H and O–H groups in total. The summed E-state index contributed by atoms with van der Waals surface area (Å²) in [7, 11) is 0. The van der Waals surface area contributed by atoms with Gasteiger partial charge >= 0.3 is 0 Å². The van der Waals surface area contributed by atoms with Crippen LogP contribution in [0.1, 0.15) is 64.7 Å². The van der Waals surface area contributed by atoms with Crippen molar-refractivity contribution in [3.05, 3.63) is 36.0 Å². The fourth-order valence-corrected chi connectivity index (χ4v) is 7.83. The number of hydrogen-bond donors (Lipinski definition) is 0. The lowest BCUT2D eigenvalue weighted by molar-refractivity contribution is -0.0258. The van der Waals surface area contributed by atoms with Crippen molar-refractivity contribution in [2.75, 3.05) is 0 Å². The molecule has 0 aromatic rings. The van der Waals surface area contributed by atoms with Crippen molar-refractivity contribution in [1.82, 2.24) is 0 Å². The molecule has 0 heterocycles. The molecule has 0 bridgehead atoms. The third-order valence-corrected chi connectivity index (χ3v) is 8.80. The van der Waals surface area contributed by atoms with E-state index >= 15 is 0 Å². The summed E-state index contributed by atoms with van der Waals surface area (Å²) in [5, 5.41) is 0. The lowest BCUT2D eigenvalue weighted by Gasteiger charge is -2.57. The van der Waals surface area contributed by atoms with Gasteiger partial charge in [0.25, 0.3) is 0 Å². The molecule has 4 saturated carbocycles. The Morgan fingerprint density at radius 2 is 2.00 bits per heavy atom. The van der Waals surface area contributed by atoms with Crippen molar-refractivity contribution in [2.45, 2.75) is 64.7 Å². The third kappa shape index (κ3) is 1.46. The molecule has 0 saturated heterocycles. The number of fused-ring (bicyclic) bond motifs is 2. The van der Waals surface area contributed by atoms with Gasteiger partial charge in [-0.25, -0.2) is 0 Å². The standard InChI is InChI=1S/C22H30/c1-14-8-10-22-11-9-16-13-21(3)15(2)4-7-19(21)18(20(16)22)6-5-17(22)12-14/h5,16,18-20H,1-2,4,6-13H2,3H3/t16-,18?,19?,20?,21+,22?/m0/s1. The molecular weight excluding hydrogens is 264 g/mol. The predicted octanol–water partition coefficient (Wildman–Crippen LogP) is 6.06. The Balaban J connectivity index is 1.60. The lowest BCUT2D eigenvalue weighted by atomic mass is 9.47. The third-order valence-electron chi connectivity index (χ3n) is 8.80. The molecule has 118 valence electrons. The average Bonchev–Trinajstić information content (AvgIpc) is 3.00. The van der Waals surface area contributed by atoms with Crippen molar-refractivity contribution >= 4 is 0 Å². The molecule has 0 nitrogen and oxygen atoms in total. The van der Waals surface area contributed by atoms with Crippen LogP contribution in [0.4, 0.5) is 0 Å². The van der Waals surface area contributed by atoms with Crippen molar-refractivity contribution in [3.63, 3.8) is 0 Å². The van der Waals surface area contributed by atoms with Gasteiger partial charge in [0.1, 0.15) is 0 Å². The second kappa shape index (κ2) is 4.19. The maximum atomic E-state index is 4.49. The molecule has 1 spiro atoms. The quantitative estimate of drug-likeness (QED) is 0.476. The van der Waals surface area contributed by atoms with Crippen molar-refractivity contribution in [2.24, 2.45) is 34.5 Å². The van der Waals surface area contributed by atoms with Gasteiger partial charge in [-0.3, -0.25) is 0 Å². The fourth-order valence-electron chi connectivity index (χ4n) is 7.83. The normalized spacial score (nSPS) is 52.9. The molecule has 0 radical (unpaired) electrons. The summed E-state index contributed by atoms with van der Waals surface area (Å²) in [5.41, 5.74) is 5.96. The molecule has 4 fully saturated rings. The summed E-state index contributed by atoms with van der Waals surface area (Å²) in [4.78, 5) is 0. The lowest BCUT2D eigenvalue weighted by Crippen LogP contribution is -2.50. The first-order valence-electron chi connectivity index (χ1n) is 9.59. The van der Waals surface area contributed by atoms with Crippen molar-refractivity contribution in [1.29, 1.82) is 0 Å². The summed E-state index contributed by atoms with van der Waals surface area (Å²) < 4.78 is 0. The van der Waals surface area contributed by atoms with E-state index in [1.807, 2.05) is 5.57 Å². The molecule has 0 heteroatoms. The first-order valence-corrected chi connectivity index (χ1v) is 9.59. The van der Waals surface area contributed by atoms with Gasteiger partial charge in [0.2, 0.25) is 0 Å². The Morgan fingerprint density at radius 3 is 2.86 bits per heavy atom. The molecule has 0 aliphatic heterocycles. The Kier molecular flexibility index (Phi) is 2.60. The minimum Gasteiger partial charge on any atom is -0.0995 e. The fraction of sp³-hybridized carbons (Fsp3) is 0.727. The highest BCUT2D eigenvalue weighted by atomic mass is 14.7. The van der Waals surface area contributed by atoms with E-state index in [2.05, 4.69) is 26.2 Å². The predicted molar refractivity (Wildman–Crippen MR) is 92.4 cm³/mol. The van der Waals surface area contributed by atoms with E-state index in [1.165, 1.54) is 63.4 Å². The second-order valence-electron chi connectivity index (χ2n) is 9.41. The zero-order chi connectivity index (χ0) is 15.1. The van der Waals surface area contributed by atoms with Gasteiger partial charge in [-0.1, -0.05) is 42.9 Å². The number of hydrogen-bond acceptors (Lipinski definition) is 0. The van der Waals surface area contributed by atoms with E-state index in [0.717, 1.165) is 23.7 Å². The van der Waals surface area contributed by atoms with Gasteiger partial charge in [0.05, 0.1) is 0 Å². The van der Waals surface area contributed by atoms with Gasteiger partial charge in [0.15, 0.2) is 0 Å². The molecular formula is C22H30. The van der Waals surface area contributed by atoms with Crippen LogP contribution >= 0.6 is 0 Å². The van der Waals surface area contributed by atoms with Crippen molar-refractivity contribution in [3.8, 4) is 0 Å². The van der Waals surface area contributed by atoms with Gasteiger partial charge in [-0.15, -0.1) is 0 Å². The van der Waals surface area contributed by atoms with E-state index in [1.54, 1.807) is 5.57 Å². The van der Waals surface area contributed by atoms with Crippen LogP contribution in [0.2, 0.25) is 0 Å². The Hall–Kier alpha value is -0.780. The van der Waals surface area contributed by atoms with Gasteiger partial charge in [0, 0.05) is 0 Å². The Morgan fingerprint density at radius 1 is 1.14 bits per heavy atom. The zero-order valence-corrected chi connectivity index (χ0v) is 14.2. The van der Waals surface area contributed by atoms with E-state index in [9.17, 15) is 0 Å². The highest BCUT2D eigenvalue weighted by molar-refractivity contribution is 5.34. The zero-order valence-electron chi connectivity index (χ0n) is 14.2. The first kappa shape index (κ1) is 13.6. The molecule has 6 atom stereocenters. The van der Waals surface area contributed by atoms with E-state index < -0.39 is 0 Å². The van der Waals surface area contributed by atoms with Crippen LogP contribution in [0.25, 0.3) is 0 Å². The van der Waals surface area contributed by atoms with Crippen molar-refractivity contribution < 1.29 is 0 Å². The summed E-state index contributed by atoms with van der Waals surface area (Å²) in [6, 6.07) is 0. The summed E-state index contributed by atoms with van der Waals surface area (Å²) in [5.74, 6) is 3.88. The molecule has 22 heavy (non-hydrogen) atoms. The molecule has 0 aromatic heterocycles. The SMILES string of the molecule is C=C1CCC23CC[C@H]4C[C@]5(C)C(=C)CCC5C(CC=C2C1)C43. The van der Waals surface area contributed by atoms with Crippen LogP contribution < -0.4 is 0 Å². The summed E-state index contributed by atoms with van der Waals surface area (Å²) in [6.45, 7) is 11.4. The highest BCUT2D eigenvalue weighted by Gasteiger charge is 2.63.